The SMILES string of the molecule is Br.CC(SC(=N)N)c1cccc(B2OC(C)(C)C(C)(C)O2)c1. The van der Waals surface area contributed by atoms with Gasteiger partial charge in [-0.2, -0.15) is 0 Å². The van der Waals surface area contributed by atoms with E-state index < -0.39 is 0 Å². The maximum absolute atomic E-state index is 7.39. The van der Waals surface area contributed by atoms with E-state index in [0.717, 1.165) is 11.0 Å². The Morgan fingerprint density at radius 1 is 1.23 bits per heavy atom. The molecule has 1 saturated heterocycles. The molecule has 0 aliphatic carbocycles. The molecule has 0 saturated carbocycles. The standard InChI is InChI=1S/C15H23BN2O2S.BrH/c1-10(21-13(17)18)11-7-6-8-12(9-11)16-19-14(2,3)15(4,5)20-16;/h6-10H,1-5H3,(H3,17,18);1H. The summed E-state index contributed by atoms with van der Waals surface area (Å²) in [5, 5.41) is 7.65. The number of benzene rings is 1. The maximum atomic E-state index is 7.39. The van der Waals surface area contributed by atoms with Crippen LogP contribution >= 0.6 is 28.7 Å². The maximum Gasteiger partial charge on any atom is 0.494 e. The topological polar surface area (TPSA) is 68.3 Å². The second kappa shape index (κ2) is 6.95. The van der Waals surface area contributed by atoms with E-state index in [9.17, 15) is 0 Å². The first-order valence-electron chi connectivity index (χ1n) is 7.08. The quantitative estimate of drug-likeness (QED) is 0.475. The summed E-state index contributed by atoms with van der Waals surface area (Å²) < 4.78 is 12.1. The van der Waals surface area contributed by atoms with Crippen molar-refractivity contribution >= 4 is 46.5 Å². The summed E-state index contributed by atoms with van der Waals surface area (Å²) in [6.45, 7) is 10.2. The molecule has 0 bridgehead atoms. The highest BCUT2D eigenvalue weighted by molar-refractivity contribution is 8.93. The van der Waals surface area contributed by atoms with Crippen LogP contribution in [0, 0.1) is 5.41 Å². The summed E-state index contributed by atoms with van der Waals surface area (Å²) in [4.78, 5) is 0. The highest BCUT2D eigenvalue weighted by Crippen LogP contribution is 2.36. The van der Waals surface area contributed by atoms with Crippen LogP contribution in [-0.2, 0) is 9.31 Å². The first-order valence-corrected chi connectivity index (χ1v) is 7.96. The minimum absolute atomic E-state index is 0. The van der Waals surface area contributed by atoms with Gasteiger partial charge < -0.3 is 15.0 Å². The summed E-state index contributed by atoms with van der Waals surface area (Å²) in [6, 6.07) is 8.11. The van der Waals surface area contributed by atoms with Gasteiger partial charge in [-0.1, -0.05) is 36.0 Å². The number of halogens is 1. The highest BCUT2D eigenvalue weighted by Gasteiger charge is 2.51. The van der Waals surface area contributed by atoms with Crippen molar-refractivity contribution in [1.82, 2.24) is 0 Å². The van der Waals surface area contributed by atoms with E-state index in [1.807, 2.05) is 52.8 Å². The Kier molecular flexibility index (Phi) is 6.18. The van der Waals surface area contributed by atoms with Crippen molar-refractivity contribution in [3.05, 3.63) is 29.8 Å². The lowest BCUT2D eigenvalue weighted by atomic mass is 9.78. The van der Waals surface area contributed by atoms with Crippen LogP contribution in [-0.4, -0.2) is 23.5 Å². The normalized spacial score (nSPS) is 20.3. The Hall–Kier alpha value is -0.495. The van der Waals surface area contributed by atoms with Gasteiger partial charge in [0.1, 0.15) is 0 Å². The molecule has 1 unspecified atom stereocenters. The zero-order chi connectivity index (χ0) is 15.8. The van der Waals surface area contributed by atoms with Gasteiger partial charge in [0.25, 0.3) is 0 Å². The zero-order valence-corrected chi connectivity index (χ0v) is 16.2. The third-order valence-corrected chi connectivity index (χ3v) is 5.09. The highest BCUT2D eigenvalue weighted by atomic mass is 79.9. The lowest BCUT2D eigenvalue weighted by Crippen LogP contribution is -2.41. The van der Waals surface area contributed by atoms with E-state index in [1.165, 1.54) is 11.8 Å². The molecule has 0 spiro atoms. The Bertz CT molecular complexity index is 538. The lowest BCUT2D eigenvalue weighted by molar-refractivity contribution is 0.00578. The molecule has 7 heteroatoms. The third kappa shape index (κ3) is 4.07. The Labute approximate surface area is 147 Å². The number of rotatable bonds is 3. The number of thioether (sulfide) groups is 1. The van der Waals surface area contributed by atoms with E-state index >= 15 is 0 Å². The first kappa shape index (κ1) is 19.6. The van der Waals surface area contributed by atoms with Crippen molar-refractivity contribution in [2.45, 2.75) is 51.1 Å². The largest absolute Gasteiger partial charge is 0.494 e. The fourth-order valence-electron chi connectivity index (χ4n) is 2.20. The molecule has 122 valence electrons. The van der Waals surface area contributed by atoms with Crippen LogP contribution in [0.1, 0.15) is 45.4 Å². The molecule has 1 aromatic rings. The average Bonchev–Trinajstić information content (AvgIpc) is 2.58. The van der Waals surface area contributed by atoms with Gasteiger partial charge in [0, 0.05) is 5.25 Å². The van der Waals surface area contributed by atoms with E-state index in [-0.39, 0.29) is 45.7 Å². The average molecular weight is 387 g/mol. The molecule has 0 aromatic heterocycles. The van der Waals surface area contributed by atoms with Crippen molar-refractivity contribution in [3.8, 4) is 0 Å². The smallest absolute Gasteiger partial charge is 0.399 e. The number of nitrogens with two attached hydrogens (primary N) is 1. The van der Waals surface area contributed by atoms with Crippen LogP contribution in [0.25, 0.3) is 0 Å². The fraction of sp³-hybridized carbons (Fsp3) is 0.533. The van der Waals surface area contributed by atoms with Crippen molar-refractivity contribution in [1.29, 1.82) is 5.41 Å². The van der Waals surface area contributed by atoms with Gasteiger partial charge in [0.05, 0.1) is 11.2 Å². The molecule has 4 nitrogen and oxygen atoms in total. The van der Waals surface area contributed by atoms with Gasteiger partial charge in [-0.05, 0) is 45.6 Å². The number of amidine groups is 1. The van der Waals surface area contributed by atoms with E-state index in [1.54, 1.807) is 0 Å². The summed E-state index contributed by atoms with van der Waals surface area (Å²) in [5.74, 6) is 0. The van der Waals surface area contributed by atoms with E-state index in [2.05, 4.69) is 6.07 Å². The van der Waals surface area contributed by atoms with Crippen LogP contribution in [0.3, 0.4) is 0 Å². The number of hydrogen-bond donors (Lipinski definition) is 2. The summed E-state index contributed by atoms with van der Waals surface area (Å²) in [6.07, 6.45) is 0. The van der Waals surface area contributed by atoms with Crippen molar-refractivity contribution in [3.63, 3.8) is 0 Å². The predicted octanol–water partition coefficient (Wildman–Crippen LogP) is 3.25. The molecule has 1 atom stereocenters. The second-order valence-corrected chi connectivity index (χ2v) is 7.77. The fourth-order valence-corrected chi connectivity index (χ4v) is 2.86. The zero-order valence-electron chi connectivity index (χ0n) is 13.7. The molecule has 1 aliphatic rings. The van der Waals surface area contributed by atoms with Crippen LogP contribution in [0.5, 0.6) is 0 Å². The van der Waals surface area contributed by atoms with Gasteiger partial charge in [-0.25, -0.2) is 0 Å². The molecular formula is C15H24BBrN2O2S. The predicted molar refractivity (Wildman–Crippen MR) is 100 cm³/mol. The van der Waals surface area contributed by atoms with Gasteiger partial charge in [-0.3, -0.25) is 5.41 Å². The summed E-state index contributed by atoms with van der Waals surface area (Å²) >= 11 is 1.34. The third-order valence-electron chi connectivity index (χ3n) is 4.21. The summed E-state index contributed by atoms with van der Waals surface area (Å²) in [5.41, 5.74) is 6.89. The molecule has 1 aromatic carbocycles. The molecule has 1 fully saturated rings. The molecule has 3 N–H and O–H groups in total. The van der Waals surface area contributed by atoms with Crippen LogP contribution < -0.4 is 11.2 Å². The molecule has 0 radical (unpaired) electrons. The summed E-state index contributed by atoms with van der Waals surface area (Å²) in [7, 11) is -0.357. The van der Waals surface area contributed by atoms with Gasteiger partial charge in [0.15, 0.2) is 5.17 Å². The number of hydrogen-bond acceptors (Lipinski definition) is 4. The molecule has 22 heavy (non-hydrogen) atoms. The molecule has 2 rings (SSSR count). The monoisotopic (exact) mass is 386 g/mol. The van der Waals surface area contributed by atoms with Crippen LogP contribution in [0.2, 0.25) is 0 Å². The Morgan fingerprint density at radius 2 is 1.77 bits per heavy atom. The van der Waals surface area contributed by atoms with E-state index in [4.69, 9.17) is 20.5 Å². The molecule has 1 aliphatic heterocycles. The second-order valence-electron chi connectivity index (χ2n) is 6.38. The Morgan fingerprint density at radius 3 is 2.27 bits per heavy atom. The minimum Gasteiger partial charge on any atom is -0.399 e. The van der Waals surface area contributed by atoms with Crippen molar-refractivity contribution in [2.75, 3.05) is 0 Å². The van der Waals surface area contributed by atoms with E-state index in [0.29, 0.717) is 0 Å². The lowest BCUT2D eigenvalue weighted by Gasteiger charge is -2.32. The van der Waals surface area contributed by atoms with Gasteiger partial charge >= 0.3 is 7.12 Å². The van der Waals surface area contributed by atoms with Crippen molar-refractivity contribution < 1.29 is 9.31 Å². The number of nitrogens with one attached hydrogen (secondary N) is 1. The first-order chi connectivity index (χ1) is 9.62. The molecule has 0 amide bonds. The Balaban J connectivity index is 0.00000242. The van der Waals surface area contributed by atoms with Crippen LogP contribution in [0.15, 0.2) is 24.3 Å². The van der Waals surface area contributed by atoms with Gasteiger partial charge in [-0.15, -0.1) is 17.0 Å². The molecule has 1 heterocycles. The van der Waals surface area contributed by atoms with Gasteiger partial charge in [0.2, 0.25) is 0 Å². The van der Waals surface area contributed by atoms with Crippen LogP contribution in [0.4, 0.5) is 0 Å². The molecular weight excluding hydrogens is 363 g/mol. The van der Waals surface area contributed by atoms with Crippen molar-refractivity contribution in [2.24, 2.45) is 5.73 Å². The minimum atomic E-state index is -0.357.